The average Bonchev–Trinajstić information content (AvgIpc) is 3.16. The predicted molar refractivity (Wildman–Crippen MR) is 75.0 cm³/mol. The number of aromatic nitrogens is 4. The molecule has 108 valence electrons. The summed E-state index contributed by atoms with van der Waals surface area (Å²) in [5.41, 5.74) is 1.16. The van der Waals surface area contributed by atoms with E-state index in [0.717, 1.165) is 43.9 Å². The van der Waals surface area contributed by atoms with Crippen molar-refractivity contribution in [3.63, 3.8) is 0 Å². The summed E-state index contributed by atoms with van der Waals surface area (Å²) in [5.74, 6) is 0.957. The van der Waals surface area contributed by atoms with E-state index in [-0.39, 0.29) is 6.10 Å². The first-order valence-electron chi connectivity index (χ1n) is 7.22. The summed E-state index contributed by atoms with van der Waals surface area (Å²) in [7, 11) is 0. The first-order chi connectivity index (χ1) is 9.86. The molecule has 0 bridgehead atoms. The Labute approximate surface area is 118 Å². The molecule has 0 spiro atoms. The van der Waals surface area contributed by atoms with Gasteiger partial charge in [-0.3, -0.25) is 4.68 Å². The SMILES string of the molecule is CCn1cc([C@H]2OCCC[C@@H]2NCc2ncc[nH]2)cn1. The molecule has 1 fully saturated rings. The van der Waals surface area contributed by atoms with E-state index in [2.05, 4.69) is 33.5 Å². The lowest BCUT2D eigenvalue weighted by Crippen LogP contribution is -2.39. The zero-order chi connectivity index (χ0) is 13.8. The minimum atomic E-state index is 0.0824. The standard InChI is InChI=1S/C14H21N5O/c1-2-19-10-11(8-18-19)14-12(4-3-7-20-14)17-9-13-15-5-6-16-13/h5-6,8,10,12,14,17H,2-4,7,9H2,1H3,(H,15,16)/t12-,14+/m0/s1. The normalized spacial score (nSPS) is 23.1. The second kappa shape index (κ2) is 6.19. The summed E-state index contributed by atoms with van der Waals surface area (Å²) in [5, 5.41) is 7.89. The van der Waals surface area contributed by atoms with E-state index in [1.54, 1.807) is 6.20 Å². The third-order valence-electron chi connectivity index (χ3n) is 3.71. The molecule has 0 aliphatic carbocycles. The van der Waals surface area contributed by atoms with Crippen molar-refractivity contribution in [2.24, 2.45) is 0 Å². The van der Waals surface area contributed by atoms with Crippen LogP contribution in [0.5, 0.6) is 0 Å². The molecule has 1 aliphatic rings. The molecule has 2 atom stereocenters. The van der Waals surface area contributed by atoms with Gasteiger partial charge >= 0.3 is 0 Å². The Morgan fingerprint density at radius 2 is 2.50 bits per heavy atom. The van der Waals surface area contributed by atoms with Crippen molar-refractivity contribution >= 4 is 0 Å². The third kappa shape index (κ3) is 2.91. The van der Waals surface area contributed by atoms with Gasteiger partial charge in [0.2, 0.25) is 0 Å². The van der Waals surface area contributed by atoms with E-state index in [1.807, 2.05) is 17.1 Å². The molecule has 2 aromatic rings. The van der Waals surface area contributed by atoms with Gasteiger partial charge in [-0.1, -0.05) is 0 Å². The highest BCUT2D eigenvalue weighted by molar-refractivity contribution is 5.12. The molecule has 0 aromatic carbocycles. The van der Waals surface area contributed by atoms with Crippen molar-refractivity contribution in [3.05, 3.63) is 36.2 Å². The molecule has 1 saturated heterocycles. The Balaban J connectivity index is 1.67. The minimum absolute atomic E-state index is 0.0824. The number of aryl methyl sites for hydroxylation is 1. The second-order valence-corrected chi connectivity index (χ2v) is 5.09. The molecule has 6 heteroatoms. The van der Waals surface area contributed by atoms with Crippen LogP contribution in [-0.2, 0) is 17.8 Å². The van der Waals surface area contributed by atoms with Gasteiger partial charge in [0, 0.05) is 43.3 Å². The highest BCUT2D eigenvalue weighted by Gasteiger charge is 2.28. The largest absolute Gasteiger partial charge is 0.372 e. The van der Waals surface area contributed by atoms with Gasteiger partial charge in [-0.05, 0) is 19.8 Å². The first-order valence-corrected chi connectivity index (χ1v) is 7.22. The average molecular weight is 275 g/mol. The van der Waals surface area contributed by atoms with Crippen LogP contribution in [0, 0.1) is 0 Å². The lowest BCUT2D eigenvalue weighted by Gasteiger charge is -2.31. The Bertz CT molecular complexity index is 521. The van der Waals surface area contributed by atoms with Crippen LogP contribution in [0.2, 0.25) is 0 Å². The van der Waals surface area contributed by atoms with Gasteiger partial charge < -0.3 is 15.0 Å². The number of imidazole rings is 1. The topological polar surface area (TPSA) is 67.8 Å². The molecular formula is C14H21N5O. The fourth-order valence-electron chi connectivity index (χ4n) is 2.64. The summed E-state index contributed by atoms with van der Waals surface area (Å²) in [4.78, 5) is 7.35. The smallest absolute Gasteiger partial charge is 0.120 e. The van der Waals surface area contributed by atoms with Crippen molar-refractivity contribution in [1.29, 1.82) is 0 Å². The maximum Gasteiger partial charge on any atom is 0.120 e. The molecular weight excluding hydrogens is 254 g/mol. The summed E-state index contributed by atoms with van der Waals surface area (Å²) in [6.07, 6.45) is 9.91. The predicted octanol–water partition coefficient (Wildman–Crippen LogP) is 1.64. The fraction of sp³-hybridized carbons (Fsp3) is 0.571. The molecule has 0 amide bonds. The Morgan fingerprint density at radius 1 is 1.55 bits per heavy atom. The molecule has 0 saturated carbocycles. The van der Waals surface area contributed by atoms with Gasteiger partial charge in [0.1, 0.15) is 11.9 Å². The number of nitrogens with one attached hydrogen (secondary N) is 2. The molecule has 2 aromatic heterocycles. The van der Waals surface area contributed by atoms with E-state index in [4.69, 9.17) is 4.74 Å². The lowest BCUT2D eigenvalue weighted by atomic mass is 9.98. The van der Waals surface area contributed by atoms with Gasteiger partial charge in [0.15, 0.2) is 0 Å². The maximum absolute atomic E-state index is 5.96. The third-order valence-corrected chi connectivity index (χ3v) is 3.71. The molecule has 0 unspecified atom stereocenters. The van der Waals surface area contributed by atoms with E-state index in [1.165, 1.54) is 0 Å². The van der Waals surface area contributed by atoms with Gasteiger partial charge in [-0.25, -0.2) is 4.98 Å². The quantitative estimate of drug-likeness (QED) is 0.870. The highest BCUT2D eigenvalue weighted by Crippen LogP contribution is 2.28. The zero-order valence-corrected chi connectivity index (χ0v) is 11.7. The monoisotopic (exact) mass is 275 g/mol. The van der Waals surface area contributed by atoms with Crippen LogP contribution in [0.25, 0.3) is 0 Å². The van der Waals surface area contributed by atoms with E-state index in [9.17, 15) is 0 Å². The van der Waals surface area contributed by atoms with Gasteiger partial charge in [0.25, 0.3) is 0 Å². The second-order valence-electron chi connectivity index (χ2n) is 5.09. The number of H-pyrrole nitrogens is 1. The van der Waals surface area contributed by atoms with Crippen LogP contribution >= 0.6 is 0 Å². The fourth-order valence-corrected chi connectivity index (χ4v) is 2.64. The lowest BCUT2D eigenvalue weighted by molar-refractivity contribution is -0.0114. The Hall–Kier alpha value is -1.66. The number of aromatic amines is 1. The summed E-state index contributed by atoms with van der Waals surface area (Å²) in [6.45, 7) is 4.53. The summed E-state index contributed by atoms with van der Waals surface area (Å²) < 4.78 is 7.90. The van der Waals surface area contributed by atoms with Crippen molar-refractivity contribution in [2.45, 2.75) is 45.0 Å². The molecule has 3 heterocycles. The molecule has 1 aliphatic heterocycles. The maximum atomic E-state index is 5.96. The minimum Gasteiger partial charge on any atom is -0.372 e. The van der Waals surface area contributed by atoms with Crippen molar-refractivity contribution in [2.75, 3.05) is 6.61 Å². The molecule has 0 radical (unpaired) electrons. The van der Waals surface area contributed by atoms with Crippen LogP contribution in [0.15, 0.2) is 24.8 Å². The number of nitrogens with zero attached hydrogens (tertiary/aromatic N) is 3. The van der Waals surface area contributed by atoms with Crippen LogP contribution in [0.1, 0.15) is 37.3 Å². The van der Waals surface area contributed by atoms with Crippen LogP contribution < -0.4 is 5.32 Å². The Kier molecular flexibility index (Phi) is 4.13. The van der Waals surface area contributed by atoms with Crippen molar-refractivity contribution < 1.29 is 4.74 Å². The number of ether oxygens (including phenoxy) is 1. The highest BCUT2D eigenvalue weighted by atomic mass is 16.5. The van der Waals surface area contributed by atoms with E-state index >= 15 is 0 Å². The van der Waals surface area contributed by atoms with Crippen molar-refractivity contribution in [3.8, 4) is 0 Å². The first kappa shape index (κ1) is 13.3. The van der Waals surface area contributed by atoms with E-state index in [0.29, 0.717) is 6.04 Å². The molecule has 20 heavy (non-hydrogen) atoms. The van der Waals surface area contributed by atoms with E-state index < -0.39 is 0 Å². The molecule has 2 N–H and O–H groups in total. The van der Waals surface area contributed by atoms with Crippen LogP contribution in [0.4, 0.5) is 0 Å². The van der Waals surface area contributed by atoms with Crippen molar-refractivity contribution in [1.82, 2.24) is 25.1 Å². The zero-order valence-electron chi connectivity index (χ0n) is 11.7. The van der Waals surface area contributed by atoms with Crippen LogP contribution in [-0.4, -0.2) is 32.4 Å². The van der Waals surface area contributed by atoms with Gasteiger partial charge in [-0.15, -0.1) is 0 Å². The molecule has 6 nitrogen and oxygen atoms in total. The summed E-state index contributed by atoms with van der Waals surface area (Å²) in [6, 6.07) is 0.309. The number of rotatable bonds is 5. The van der Waals surface area contributed by atoms with Gasteiger partial charge in [-0.2, -0.15) is 5.10 Å². The number of hydrogen-bond donors (Lipinski definition) is 2. The van der Waals surface area contributed by atoms with Crippen LogP contribution in [0.3, 0.4) is 0 Å². The van der Waals surface area contributed by atoms with Gasteiger partial charge in [0.05, 0.1) is 12.7 Å². The summed E-state index contributed by atoms with van der Waals surface area (Å²) >= 11 is 0. The number of hydrogen-bond acceptors (Lipinski definition) is 4. The Morgan fingerprint density at radius 3 is 3.25 bits per heavy atom. The molecule has 3 rings (SSSR count).